The van der Waals surface area contributed by atoms with Gasteiger partial charge in [0.1, 0.15) is 11.6 Å². The second-order valence-corrected chi connectivity index (χ2v) is 7.71. The van der Waals surface area contributed by atoms with Gasteiger partial charge in [-0.1, -0.05) is 6.07 Å². The van der Waals surface area contributed by atoms with Crippen molar-refractivity contribution in [2.45, 2.75) is 38.6 Å². The van der Waals surface area contributed by atoms with Crippen molar-refractivity contribution in [1.29, 1.82) is 0 Å². The molecule has 1 aromatic carbocycles. The first-order chi connectivity index (χ1) is 14.0. The molecular formula is C22H26N4O3. The van der Waals surface area contributed by atoms with Crippen molar-refractivity contribution in [3.63, 3.8) is 0 Å². The molecule has 0 N–H and O–H groups in total. The van der Waals surface area contributed by atoms with E-state index >= 15 is 0 Å². The van der Waals surface area contributed by atoms with E-state index < -0.39 is 0 Å². The fraction of sp³-hybridized carbons (Fsp3) is 0.455. The molecule has 1 unspecified atom stereocenters. The number of ether oxygens (including phenoxy) is 1. The number of fused-ring (bicyclic) bond motifs is 1. The van der Waals surface area contributed by atoms with Crippen molar-refractivity contribution in [3.8, 4) is 5.75 Å². The minimum absolute atomic E-state index is 0.0173. The summed E-state index contributed by atoms with van der Waals surface area (Å²) < 4.78 is 5.24. The van der Waals surface area contributed by atoms with Crippen molar-refractivity contribution in [3.05, 3.63) is 53.1 Å². The molecule has 2 aliphatic heterocycles. The predicted molar refractivity (Wildman–Crippen MR) is 108 cm³/mol. The van der Waals surface area contributed by atoms with E-state index in [-0.39, 0.29) is 17.7 Å². The maximum atomic E-state index is 13.0. The minimum atomic E-state index is 0.0173. The Labute approximate surface area is 170 Å². The van der Waals surface area contributed by atoms with Crippen LogP contribution in [0.3, 0.4) is 0 Å². The zero-order valence-corrected chi connectivity index (χ0v) is 16.9. The summed E-state index contributed by atoms with van der Waals surface area (Å²) in [4.78, 5) is 37.7. The van der Waals surface area contributed by atoms with Crippen LogP contribution in [0.1, 0.15) is 53.1 Å². The number of piperidine rings is 1. The van der Waals surface area contributed by atoms with Crippen molar-refractivity contribution in [2.75, 3.05) is 26.7 Å². The molecule has 0 saturated carbocycles. The summed E-state index contributed by atoms with van der Waals surface area (Å²) >= 11 is 0. The second-order valence-electron chi connectivity index (χ2n) is 7.71. The maximum Gasteiger partial charge on any atom is 0.254 e. The highest BCUT2D eigenvalue weighted by Gasteiger charge is 2.28. The topological polar surface area (TPSA) is 75.6 Å². The summed E-state index contributed by atoms with van der Waals surface area (Å²) in [7, 11) is 1.60. The molecule has 0 bridgehead atoms. The van der Waals surface area contributed by atoms with Crippen LogP contribution in [0.15, 0.2) is 30.5 Å². The lowest BCUT2D eigenvalue weighted by atomic mass is 9.95. The Balaban J connectivity index is 1.49. The predicted octanol–water partition coefficient (Wildman–Crippen LogP) is 2.41. The van der Waals surface area contributed by atoms with Crippen LogP contribution in [0.5, 0.6) is 5.75 Å². The average Bonchev–Trinajstić information content (AvgIpc) is 2.78. The lowest BCUT2D eigenvalue weighted by molar-refractivity contribution is -0.129. The number of likely N-dealkylation sites (tertiary alicyclic amines) is 1. The van der Waals surface area contributed by atoms with Crippen LogP contribution in [0.25, 0.3) is 0 Å². The molecule has 1 saturated heterocycles. The van der Waals surface area contributed by atoms with E-state index in [0.717, 1.165) is 42.9 Å². The van der Waals surface area contributed by atoms with Gasteiger partial charge < -0.3 is 14.5 Å². The van der Waals surface area contributed by atoms with Gasteiger partial charge in [-0.25, -0.2) is 9.97 Å². The average molecular weight is 394 g/mol. The van der Waals surface area contributed by atoms with Gasteiger partial charge in [0.15, 0.2) is 0 Å². The van der Waals surface area contributed by atoms with Crippen LogP contribution in [0.2, 0.25) is 0 Å². The van der Waals surface area contributed by atoms with Crippen LogP contribution in [-0.2, 0) is 17.8 Å². The van der Waals surface area contributed by atoms with Crippen LogP contribution in [0.4, 0.5) is 0 Å². The summed E-state index contributed by atoms with van der Waals surface area (Å²) in [6.07, 6.45) is 4.51. The molecule has 7 heteroatoms. The van der Waals surface area contributed by atoms with Crippen molar-refractivity contribution < 1.29 is 14.3 Å². The van der Waals surface area contributed by atoms with E-state index in [4.69, 9.17) is 9.72 Å². The first-order valence-electron chi connectivity index (χ1n) is 10.1. The van der Waals surface area contributed by atoms with Gasteiger partial charge in [0.25, 0.3) is 5.91 Å². The lowest BCUT2D eigenvalue weighted by Crippen LogP contribution is -2.40. The molecule has 4 rings (SSSR count). The maximum absolute atomic E-state index is 13.0. The summed E-state index contributed by atoms with van der Waals surface area (Å²) in [6.45, 7) is 4.23. The van der Waals surface area contributed by atoms with E-state index in [9.17, 15) is 9.59 Å². The second kappa shape index (κ2) is 8.19. The molecule has 2 aromatic rings. The number of nitrogens with zero attached hydrogens (tertiary/aromatic N) is 4. The minimum Gasteiger partial charge on any atom is -0.497 e. The van der Waals surface area contributed by atoms with Crippen LogP contribution in [-0.4, -0.2) is 58.3 Å². The highest BCUT2D eigenvalue weighted by atomic mass is 16.5. The molecule has 2 amide bonds. The number of hydrogen-bond acceptors (Lipinski definition) is 5. The third-order valence-electron chi connectivity index (χ3n) is 5.79. The molecule has 152 valence electrons. The molecule has 3 heterocycles. The van der Waals surface area contributed by atoms with Gasteiger partial charge in [-0.3, -0.25) is 9.59 Å². The SMILES string of the molecule is COc1cccc(C(=O)N2CCCC(c3ncc4c(n3)CCN(C(C)=O)C4)C2)c1. The zero-order chi connectivity index (χ0) is 20.4. The third kappa shape index (κ3) is 4.09. The molecular weight excluding hydrogens is 368 g/mol. The Morgan fingerprint density at radius 1 is 1.21 bits per heavy atom. The van der Waals surface area contributed by atoms with Gasteiger partial charge in [0.05, 0.1) is 12.8 Å². The first kappa shape index (κ1) is 19.4. The fourth-order valence-electron chi connectivity index (χ4n) is 4.11. The largest absolute Gasteiger partial charge is 0.497 e. The molecule has 0 aliphatic carbocycles. The van der Waals surface area contributed by atoms with Crippen molar-refractivity contribution in [1.82, 2.24) is 19.8 Å². The Morgan fingerprint density at radius 2 is 2.07 bits per heavy atom. The van der Waals surface area contributed by atoms with Gasteiger partial charge in [0, 0.05) is 62.8 Å². The van der Waals surface area contributed by atoms with E-state index in [1.807, 2.05) is 34.2 Å². The number of methoxy groups -OCH3 is 1. The fourth-order valence-corrected chi connectivity index (χ4v) is 4.11. The van der Waals surface area contributed by atoms with Gasteiger partial charge in [-0.2, -0.15) is 0 Å². The standard InChI is InChI=1S/C22H26N4O3/c1-15(27)25-10-8-20-18(14-25)12-23-21(24-20)17-6-4-9-26(13-17)22(28)16-5-3-7-19(11-16)29-2/h3,5,7,11-12,17H,4,6,8-10,13-14H2,1-2H3. The van der Waals surface area contributed by atoms with E-state index in [2.05, 4.69) is 4.98 Å². The summed E-state index contributed by atoms with van der Waals surface area (Å²) in [5.41, 5.74) is 2.69. The van der Waals surface area contributed by atoms with Crippen molar-refractivity contribution >= 4 is 11.8 Å². The summed E-state index contributed by atoms with van der Waals surface area (Å²) in [5.74, 6) is 1.72. The van der Waals surface area contributed by atoms with Crippen LogP contribution >= 0.6 is 0 Å². The molecule has 1 fully saturated rings. The van der Waals surface area contributed by atoms with E-state index in [1.165, 1.54) is 0 Å². The van der Waals surface area contributed by atoms with Gasteiger partial charge in [0.2, 0.25) is 5.91 Å². The quantitative estimate of drug-likeness (QED) is 0.799. The summed E-state index contributed by atoms with van der Waals surface area (Å²) in [6, 6.07) is 7.28. The Morgan fingerprint density at radius 3 is 2.86 bits per heavy atom. The lowest BCUT2D eigenvalue weighted by Gasteiger charge is -2.33. The molecule has 7 nitrogen and oxygen atoms in total. The first-order valence-corrected chi connectivity index (χ1v) is 10.1. The van der Waals surface area contributed by atoms with Crippen molar-refractivity contribution in [2.24, 2.45) is 0 Å². The van der Waals surface area contributed by atoms with Gasteiger partial charge in [-0.05, 0) is 31.0 Å². The molecule has 2 aliphatic rings. The summed E-state index contributed by atoms with van der Waals surface area (Å²) in [5, 5.41) is 0. The number of amides is 2. The zero-order valence-electron chi connectivity index (χ0n) is 16.9. The Hall–Kier alpha value is -2.96. The Bertz CT molecular complexity index is 930. The van der Waals surface area contributed by atoms with Crippen LogP contribution in [0, 0.1) is 0 Å². The molecule has 29 heavy (non-hydrogen) atoms. The molecule has 1 aromatic heterocycles. The molecule has 0 radical (unpaired) electrons. The number of rotatable bonds is 3. The number of hydrogen-bond donors (Lipinski definition) is 0. The number of carbonyl (C=O) groups excluding carboxylic acids is 2. The Kier molecular flexibility index (Phi) is 5.47. The van der Waals surface area contributed by atoms with Gasteiger partial charge >= 0.3 is 0 Å². The number of carbonyl (C=O) groups is 2. The molecule has 0 spiro atoms. The smallest absolute Gasteiger partial charge is 0.254 e. The van der Waals surface area contributed by atoms with Gasteiger partial charge in [-0.15, -0.1) is 0 Å². The highest BCUT2D eigenvalue weighted by Crippen LogP contribution is 2.27. The monoisotopic (exact) mass is 394 g/mol. The highest BCUT2D eigenvalue weighted by molar-refractivity contribution is 5.94. The van der Waals surface area contributed by atoms with E-state index in [1.54, 1.807) is 20.1 Å². The molecule has 1 atom stereocenters. The normalized spacial score (nSPS) is 18.9. The van der Waals surface area contributed by atoms with E-state index in [0.29, 0.717) is 30.9 Å². The number of benzene rings is 1. The third-order valence-corrected chi connectivity index (χ3v) is 5.79. The number of aromatic nitrogens is 2. The van der Waals surface area contributed by atoms with Crippen LogP contribution < -0.4 is 4.74 Å².